The van der Waals surface area contributed by atoms with Gasteiger partial charge in [-0.1, -0.05) is 18.2 Å². The molecule has 0 bridgehead atoms. The molecule has 1 aromatic carbocycles. The van der Waals surface area contributed by atoms with Crippen LogP contribution in [0, 0.1) is 0 Å². The van der Waals surface area contributed by atoms with Crippen molar-refractivity contribution in [1.82, 2.24) is 4.98 Å². The summed E-state index contributed by atoms with van der Waals surface area (Å²) in [4.78, 5) is 4.27. The number of nitrogens with two attached hydrogens (primary N) is 1. The molecule has 1 unspecified atom stereocenters. The van der Waals surface area contributed by atoms with Crippen LogP contribution in [0.15, 0.2) is 36.5 Å². The van der Waals surface area contributed by atoms with Gasteiger partial charge in [0.1, 0.15) is 0 Å². The van der Waals surface area contributed by atoms with Crippen molar-refractivity contribution in [2.45, 2.75) is 12.5 Å². The molecular weight excluding hydrogens is 224 g/mol. The molecule has 86 valence electrons. The summed E-state index contributed by atoms with van der Waals surface area (Å²) in [6.45, 7) is 0.0141. The highest BCUT2D eigenvalue weighted by Gasteiger charge is 2.03. The first kappa shape index (κ1) is 12.9. The molecule has 1 heterocycles. The summed E-state index contributed by atoms with van der Waals surface area (Å²) in [7, 11) is 0. The van der Waals surface area contributed by atoms with Crippen LogP contribution >= 0.6 is 12.4 Å². The molecule has 1 aromatic heterocycles. The lowest BCUT2D eigenvalue weighted by Gasteiger charge is -2.08. The second kappa shape index (κ2) is 5.80. The van der Waals surface area contributed by atoms with Crippen LogP contribution in [-0.4, -0.2) is 22.7 Å². The van der Waals surface area contributed by atoms with Crippen molar-refractivity contribution in [3.8, 4) is 0 Å². The van der Waals surface area contributed by atoms with Gasteiger partial charge in [0.2, 0.25) is 0 Å². The van der Waals surface area contributed by atoms with Gasteiger partial charge in [-0.05, 0) is 24.1 Å². The SMILES string of the molecule is Cl.NC(CO)Cc1ccc2cccnc2c1. The number of aromatic nitrogens is 1. The van der Waals surface area contributed by atoms with Gasteiger partial charge in [-0.15, -0.1) is 12.4 Å². The zero-order valence-electron chi connectivity index (χ0n) is 8.84. The number of benzene rings is 1. The average Bonchev–Trinajstić information content (AvgIpc) is 2.29. The Morgan fingerprint density at radius 3 is 2.88 bits per heavy atom. The van der Waals surface area contributed by atoms with Crippen molar-refractivity contribution in [3.63, 3.8) is 0 Å². The first-order valence-electron chi connectivity index (χ1n) is 4.99. The van der Waals surface area contributed by atoms with Gasteiger partial charge in [-0.25, -0.2) is 0 Å². The molecule has 4 heteroatoms. The quantitative estimate of drug-likeness (QED) is 0.853. The second-order valence-electron chi connectivity index (χ2n) is 3.68. The van der Waals surface area contributed by atoms with Crippen molar-refractivity contribution in [3.05, 3.63) is 42.1 Å². The zero-order valence-corrected chi connectivity index (χ0v) is 9.65. The predicted octanol–water partition coefficient (Wildman–Crippen LogP) is 1.52. The summed E-state index contributed by atoms with van der Waals surface area (Å²) < 4.78 is 0. The van der Waals surface area contributed by atoms with Gasteiger partial charge in [-0.2, -0.15) is 0 Å². The van der Waals surface area contributed by atoms with Crippen LogP contribution < -0.4 is 5.73 Å². The standard InChI is InChI=1S/C12H14N2O.ClH/c13-11(8-15)6-9-3-4-10-2-1-5-14-12(10)7-9;/h1-5,7,11,15H,6,8,13H2;1H. The molecule has 0 saturated heterocycles. The van der Waals surface area contributed by atoms with Gasteiger partial charge in [0.25, 0.3) is 0 Å². The Balaban J connectivity index is 0.00000128. The molecule has 0 aliphatic carbocycles. The lowest BCUT2D eigenvalue weighted by molar-refractivity contribution is 0.265. The van der Waals surface area contributed by atoms with Crippen molar-refractivity contribution in [2.24, 2.45) is 5.73 Å². The van der Waals surface area contributed by atoms with Gasteiger partial charge >= 0.3 is 0 Å². The number of pyridine rings is 1. The molecule has 3 nitrogen and oxygen atoms in total. The third kappa shape index (κ3) is 2.92. The molecule has 0 aliphatic heterocycles. The number of aliphatic hydroxyl groups is 1. The molecular formula is C12H15ClN2O. The summed E-state index contributed by atoms with van der Waals surface area (Å²) in [5, 5.41) is 9.99. The summed E-state index contributed by atoms with van der Waals surface area (Å²) in [5.41, 5.74) is 7.76. The van der Waals surface area contributed by atoms with Crippen LogP contribution in [0.3, 0.4) is 0 Å². The van der Waals surface area contributed by atoms with E-state index in [4.69, 9.17) is 10.8 Å². The van der Waals surface area contributed by atoms with Crippen molar-refractivity contribution < 1.29 is 5.11 Å². The normalized spacial score (nSPS) is 12.1. The average molecular weight is 239 g/mol. The Kier molecular flexibility index (Phi) is 4.68. The van der Waals surface area contributed by atoms with Gasteiger partial charge in [0.15, 0.2) is 0 Å². The number of halogens is 1. The second-order valence-corrected chi connectivity index (χ2v) is 3.68. The number of fused-ring (bicyclic) bond motifs is 1. The number of rotatable bonds is 3. The van der Waals surface area contributed by atoms with E-state index in [0.717, 1.165) is 16.5 Å². The molecule has 2 rings (SSSR count). The van der Waals surface area contributed by atoms with Crippen LogP contribution in [0.5, 0.6) is 0 Å². The minimum atomic E-state index is -0.189. The number of aliphatic hydroxyl groups excluding tert-OH is 1. The molecule has 2 aromatic rings. The topological polar surface area (TPSA) is 59.1 Å². The summed E-state index contributed by atoms with van der Waals surface area (Å²) in [5.74, 6) is 0. The van der Waals surface area contributed by atoms with Gasteiger partial charge in [0, 0.05) is 17.6 Å². The molecule has 1 atom stereocenters. The first-order chi connectivity index (χ1) is 7.29. The molecule has 0 saturated carbocycles. The molecule has 0 spiro atoms. The third-order valence-electron chi connectivity index (χ3n) is 2.40. The highest BCUT2D eigenvalue weighted by molar-refractivity contribution is 5.85. The van der Waals surface area contributed by atoms with E-state index in [0.29, 0.717) is 6.42 Å². The fourth-order valence-electron chi connectivity index (χ4n) is 1.61. The zero-order chi connectivity index (χ0) is 10.7. The van der Waals surface area contributed by atoms with Gasteiger partial charge < -0.3 is 10.8 Å². The largest absolute Gasteiger partial charge is 0.395 e. The van der Waals surface area contributed by atoms with Crippen molar-refractivity contribution in [1.29, 1.82) is 0 Å². The van der Waals surface area contributed by atoms with E-state index in [1.54, 1.807) is 6.20 Å². The highest BCUT2D eigenvalue weighted by Crippen LogP contribution is 2.13. The van der Waals surface area contributed by atoms with Crippen LogP contribution in [0.1, 0.15) is 5.56 Å². The van der Waals surface area contributed by atoms with Crippen LogP contribution in [0.4, 0.5) is 0 Å². The lowest BCUT2D eigenvalue weighted by Crippen LogP contribution is -2.26. The fraction of sp³-hybridized carbons (Fsp3) is 0.250. The third-order valence-corrected chi connectivity index (χ3v) is 2.40. The number of hydrogen-bond acceptors (Lipinski definition) is 3. The maximum absolute atomic E-state index is 8.87. The minimum Gasteiger partial charge on any atom is -0.395 e. The van der Waals surface area contributed by atoms with Gasteiger partial charge in [0.05, 0.1) is 12.1 Å². The molecule has 16 heavy (non-hydrogen) atoms. The number of nitrogens with zero attached hydrogens (tertiary/aromatic N) is 1. The van der Waals surface area contributed by atoms with E-state index in [1.165, 1.54) is 0 Å². The Bertz CT molecular complexity index is 461. The van der Waals surface area contributed by atoms with E-state index in [9.17, 15) is 0 Å². The fourth-order valence-corrected chi connectivity index (χ4v) is 1.61. The maximum Gasteiger partial charge on any atom is 0.0704 e. The molecule has 0 aliphatic rings. The maximum atomic E-state index is 8.87. The van der Waals surface area contributed by atoms with Crippen LogP contribution in [-0.2, 0) is 6.42 Å². The summed E-state index contributed by atoms with van der Waals surface area (Å²) in [6, 6.07) is 9.83. The van der Waals surface area contributed by atoms with E-state index in [2.05, 4.69) is 4.98 Å². The summed E-state index contributed by atoms with van der Waals surface area (Å²) >= 11 is 0. The van der Waals surface area contributed by atoms with E-state index in [1.807, 2.05) is 30.3 Å². The van der Waals surface area contributed by atoms with Gasteiger partial charge in [-0.3, -0.25) is 4.98 Å². The monoisotopic (exact) mass is 238 g/mol. The molecule has 3 N–H and O–H groups in total. The van der Waals surface area contributed by atoms with E-state index in [-0.39, 0.29) is 25.1 Å². The Hall–Kier alpha value is -1.16. The molecule has 0 fully saturated rings. The van der Waals surface area contributed by atoms with Crippen molar-refractivity contribution >= 4 is 23.3 Å². The van der Waals surface area contributed by atoms with Crippen LogP contribution in [0.2, 0.25) is 0 Å². The smallest absolute Gasteiger partial charge is 0.0704 e. The van der Waals surface area contributed by atoms with E-state index < -0.39 is 0 Å². The lowest BCUT2D eigenvalue weighted by atomic mass is 10.1. The van der Waals surface area contributed by atoms with E-state index >= 15 is 0 Å². The Morgan fingerprint density at radius 1 is 1.31 bits per heavy atom. The first-order valence-corrected chi connectivity index (χ1v) is 4.99. The van der Waals surface area contributed by atoms with Crippen molar-refractivity contribution in [2.75, 3.05) is 6.61 Å². The highest BCUT2D eigenvalue weighted by atomic mass is 35.5. The Labute approximate surface area is 101 Å². The summed E-state index contributed by atoms with van der Waals surface area (Å²) in [6.07, 6.45) is 2.46. The Morgan fingerprint density at radius 2 is 2.12 bits per heavy atom. The number of hydrogen-bond donors (Lipinski definition) is 2. The predicted molar refractivity (Wildman–Crippen MR) is 67.8 cm³/mol. The molecule has 0 radical (unpaired) electrons. The minimum absolute atomic E-state index is 0. The molecule has 0 amide bonds. The van der Waals surface area contributed by atoms with Crippen LogP contribution in [0.25, 0.3) is 10.9 Å².